The number of nitrogens with one attached hydrogen (secondary N) is 1. The maximum atomic E-state index is 12.3. The van der Waals surface area contributed by atoms with Crippen molar-refractivity contribution in [2.24, 2.45) is 11.3 Å². The molecule has 0 radical (unpaired) electrons. The van der Waals surface area contributed by atoms with Gasteiger partial charge in [-0.3, -0.25) is 19.1 Å². The predicted molar refractivity (Wildman–Crippen MR) is 86.6 cm³/mol. The lowest BCUT2D eigenvalue weighted by molar-refractivity contribution is -0.157. The minimum atomic E-state index is -0.729. The molecular weight excluding hydrogens is 312 g/mol. The van der Waals surface area contributed by atoms with Gasteiger partial charge in [-0.1, -0.05) is 20.3 Å². The lowest BCUT2D eigenvalue weighted by Crippen LogP contribution is -2.46. The summed E-state index contributed by atoms with van der Waals surface area (Å²) in [6.07, 6.45) is 3.03. The highest BCUT2D eigenvalue weighted by atomic mass is 16.6. The van der Waals surface area contributed by atoms with Crippen molar-refractivity contribution in [3.8, 4) is 0 Å². The van der Waals surface area contributed by atoms with Crippen LogP contribution in [0.25, 0.3) is 0 Å². The monoisotopic (exact) mass is 336 g/mol. The first-order valence-corrected chi connectivity index (χ1v) is 8.39. The van der Waals surface area contributed by atoms with E-state index in [1.165, 1.54) is 17.7 Å². The summed E-state index contributed by atoms with van der Waals surface area (Å²) in [5.41, 5.74) is -0.914. The standard InChI is InChI=1S/C17H24N2O5/c1-9-6-5-7-17(4)12(9)24-15(13(17)23-11(3)20)19-8-10(2)14(21)18-16(19)22/h8-9,12-13,15H,5-7H2,1-4H3,(H,18,21,22)/t9-,12-,13-,15+,17+/m0/s1. The molecule has 2 fully saturated rings. The average Bonchev–Trinajstić information content (AvgIpc) is 2.77. The zero-order valence-corrected chi connectivity index (χ0v) is 14.5. The molecule has 1 saturated heterocycles. The largest absolute Gasteiger partial charge is 0.457 e. The smallest absolute Gasteiger partial charge is 0.330 e. The number of aromatic nitrogens is 2. The summed E-state index contributed by atoms with van der Waals surface area (Å²) in [4.78, 5) is 37.9. The van der Waals surface area contributed by atoms with Crippen LogP contribution in [0.3, 0.4) is 0 Å². The predicted octanol–water partition coefficient (Wildman–Crippen LogP) is 1.50. The molecule has 2 aliphatic rings. The summed E-state index contributed by atoms with van der Waals surface area (Å²) in [5, 5.41) is 0. The molecule has 5 atom stereocenters. The van der Waals surface area contributed by atoms with Crippen molar-refractivity contribution >= 4 is 5.97 Å². The second-order valence-electron chi connectivity index (χ2n) is 7.33. The molecule has 7 heteroatoms. The third kappa shape index (κ3) is 2.60. The number of aromatic amines is 1. The van der Waals surface area contributed by atoms with Gasteiger partial charge in [-0.2, -0.15) is 0 Å². The fourth-order valence-electron chi connectivity index (χ4n) is 4.25. The molecule has 0 aromatic carbocycles. The normalized spacial score (nSPS) is 35.5. The van der Waals surface area contributed by atoms with E-state index >= 15 is 0 Å². The molecule has 0 bridgehead atoms. The lowest BCUT2D eigenvalue weighted by atomic mass is 9.67. The molecule has 132 valence electrons. The summed E-state index contributed by atoms with van der Waals surface area (Å²) in [6, 6.07) is 0. The number of carbonyl (C=O) groups excluding carboxylic acids is 1. The number of aryl methyl sites for hydroxylation is 1. The van der Waals surface area contributed by atoms with Crippen LogP contribution in [0, 0.1) is 18.3 Å². The second-order valence-corrected chi connectivity index (χ2v) is 7.33. The Balaban J connectivity index is 2.09. The highest BCUT2D eigenvalue weighted by molar-refractivity contribution is 5.66. The number of fused-ring (bicyclic) bond motifs is 1. The van der Waals surface area contributed by atoms with Gasteiger partial charge in [-0.15, -0.1) is 0 Å². The number of hydrogen-bond acceptors (Lipinski definition) is 5. The molecule has 0 unspecified atom stereocenters. The maximum Gasteiger partial charge on any atom is 0.330 e. The van der Waals surface area contributed by atoms with Crippen LogP contribution in [0.2, 0.25) is 0 Å². The Kier molecular flexibility index (Phi) is 4.15. The fraction of sp³-hybridized carbons (Fsp3) is 0.706. The van der Waals surface area contributed by atoms with E-state index in [4.69, 9.17) is 9.47 Å². The number of carbonyl (C=O) groups is 1. The molecule has 0 spiro atoms. The molecule has 3 rings (SSSR count). The van der Waals surface area contributed by atoms with Crippen LogP contribution < -0.4 is 11.2 Å². The van der Waals surface area contributed by atoms with Crippen molar-refractivity contribution in [1.82, 2.24) is 9.55 Å². The first-order valence-electron chi connectivity index (χ1n) is 8.39. The summed E-state index contributed by atoms with van der Waals surface area (Å²) in [7, 11) is 0. The number of esters is 1. The van der Waals surface area contributed by atoms with Gasteiger partial charge >= 0.3 is 11.7 Å². The van der Waals surface area contributed by atoms with Crippen LogP contribution in [-0.4, -0.2) is 27.7 Å². The highest BCUT2D eigenvalue weighted by Gasteiger charge is 2.58. The summed E-state index contributed by atoms with van der Waals surface area (Å²) in [5.74, 6) is -0.0886. The van der Waals surface area contributed by atoms with Crippen LogP contribution in [-0.2, 0) is 14.3 Å². The van der Waals surface area contributed by atoms with Gasteiger partial charge in [0.2, 0.25) is 0 Å². The Labute approximate surface area is 140 Å². The van der Waals surface area contributed by atoms with E-state index < -0.39 is 29.6 Å². The molecular formula is C17H24N2O5. The molecule has 7 nitrogen and oxygen atoms in total. The minimum Gasteiger partial charge on any atom is -0.457 e. The van der Waals surface area contributed by atoms with Gasteiger partial charge < -0.3 is 9.47 Å². The van der Waals surface area contributed by atoms with Gasteiger partial charge in [0, 0.05) is 24.1 Å². The van der Waals surface area contributed by atoms with Crippen LogP contribution in [0.4, 0.5) is 0 Å². The maximum absolute atomic E-state index is 12.3. The lowest BCUT2D eigenvalue weighted by Gasteiger charge is -2.41. The van der Waals surface area contributed by atoms with Crippen LogP contribution in [0.5, 0.6) is 0 Å². The van der Waals surface area contributed by atoms with E-state index in [1.807, 2.05) is 0 Å². The van der Waals surface area contributed by atoms with Gasteiger partial charge in [0.05, 0.1) is 6.10 Å². The fourth-order valence-corrected chi connectivity index (χ4v) is 4.25. The van der Waals surface area contributed by atoms with Gasteiger partial charge in [-0.05, 0) is 25.7 Å². The molecule has 1 aliphatic heterocycles. The number of H-pyrrole nitrogens is 1. The minimum absolute atomic E-state index is 0.0975. The average molecular weight is 336 g/mol. The molecule has 1 aromatic heterocycles. The van der Waals surface area contributed by atoms with E-state index in [-0.39, 0.29) is 11.5 Å². The van der Waals surface area contributed by atoms with E-state index in [0.29, 0.717) is 11.5 Å². The Morgan fingerprint density at radius 3 is 2.83 bits per heavy atom. The van der Waals surface area contributed by atoms with Crippen LogP contribution in [0.1, 0.15) is 51.8 Å². The zero-order chi connectivity index (χ0) is 17.6. The quantitative estimate of drug-likeness (QED) is 0.827. The molecule has 24 heavy (non-hydrogen) atoms. The van der Waals surface area contributed by atoms with Crippen LogP contribution in [0.15, 0.2) is 15.8 Å². The van der Waals surface area contributed by atoms with E-state index in [1.54, 1.807) is 6.92 Å². The van der Waals surface area contributed by atoms with Gasteiger partial charge in [0.25, 0.3) is 5.56 Å². The van der Waals surface area contributed by atoms with Crippen molar-refractivity contribution in [3.63, 3.8) is 0 Å². The number of rotatable bonds is 2. The molecule has 2 heterocycles. The topological polar surface area (TPSA) is 90.4 Å². The first-order chi connectivity index (χ1) is 11.2. The van der Waals surface area contributed by atoms with Crippen molar-refractivity contribution in [2.45, 2.75) is 65.4 Å². The highest BCUT2D eigenvalue weighted by Crippen LogP contribution is 2.53. The van der Waals surface area contributed by atoms with Crippen LogP contribution >= 0.6 is 0 Å². The SMILES string of the molecule is CC(=O)O[C@H]1[C@H](n2cc(C)c(=O)[nH]c2=O)O[C@H]2[C@@H](C)CCC[C@@]12C. The third-order valence-corrected chi connectivity index (χ3v) is 5.45. The van der Waals surface area contributed by atoms with E-state index in [9.17, 15) is 14.4 Å². The summed E-state index contributed by atoms with van der Waals surface area (Å²) in [6.45, 7) is 7.17. The molecule has 1 N–H and O–H groups in total. The molecule has 1 saturated carbocycles. The number of hydrogen-bond donors (Lipinski definition) is 1. The zero-order valence-electron chi connectivity index (χ0n) is 14.5. The molecule has 1 aromatic rings. The van der Waals surface area contributed by atoms with Crippen molar-refractivity contribution in [3.05, 3.63) is 32.6 Å². The summed E-state index contributed by atoms with van der Waals surface area (Å²) < 4.78 is 13.2. The molecule has 1 aliphatic carbocycles. The van der Waals surface area contributed by atoms with E-state index in [0.717, 1.165) is 19.3 Å². The van der Waals surface area contributed by atoms with Gasteiger partial charge in [0.15, 0.2) is 12.3 Å². The third-order valence-electron chi connectivity index (χ3n) is 5.45. The van der Waals surface area contributed by atoms with Crippen molar-refractivity contribution in [2.75, 3.05) is 0 Å². The second kappa shape index (κ2) is 5.88. The van der Waals surface area contributed by atoms with Gasteiger partial charge in [-0.25, -0.2) is 4.79 Å². The number of nitrogens with zero attached hydrogens (tertiary/aromatic N) is 1. The van der Waals surface area contributed by atoms with Crippen molar-refractivity contribution < 1.29 is 14.3 Å². The number of ether oxygens (including phenoxy) is 2. The summed E-state index contributed by atoms with van der Waals surface area (Å²) >= 11 is 0. The Bertz CT molecular complexity index is 767. The Morgan fingerprint density at radius 2 is 2.17 bits per heavy atom. The van der Waals surface area contributed by atoms with E-state index in [2.05, 4.69) is 18.8 Å². The Hall–Kier alpha value is -1.89. The van der Waals surface area contributed by atoms with Crippen molar-refractivity contribution in [1.29, 1.82) is 0 Å². The first kappa shape index (κ1) is 17.0. The molecule has 0 amide bonds. The van der Waals surface area contributed by atoms with Gasteiger partial charge in [0.1, 0.15) is 0 Å². The Morgan fingerprint density at radius 1 is 1.46 bits per heavy atom.